The van der Waals surface area contributed by atoms with Crippen molar-refractivity contribution in [2.45, 2.75) is 112 Å². The van der Waals surface area contributed by atoms with Gasteiger partial charge in [-0.15, -0.1) is 0 Å². The van der Waals surface area contributed by atoms with Gasteiger partial charge in [-0.25, -0.2) is 0 Å². The molecule has 1 aliphatic rings. The van der Waals surface area contributed by atoms with Crippen molar-refractivity contribution < 1.29 is 4.79 Å². The molecule has 1 aliphatic heterocycles. The van der Waals surface area contributed by atoms with Gasteiger partial charge < -0.3 is 5.32 Å². The molecule has 0 bridgehead atoms. The molecule has 0 radical (unpaired) electrons. The van der Waals surface area contributed by atoms with Crippen LogP contribution in [0.4, 0.5) is 0 Å². The van der Waals surface area contributed by atoms with Crippen molar-refractivity contribution in [2.24, 2.45) is 22.7 Å². The SMILES string of the molecule is CCCC(CCC)(CCC)NC(=O)CC[C@@H]1C(=C(C)C)N=C(C(C)C)[C@H]1C. The van der Waals surface area contributed by atoms with E-state index in [1.165, 1.54) is 17.0 Å². The molecule has 0 spiro atoms. The van der Waals surface area contributed by atoms with Gasteiger partial charge in [-0.1, -0.05) is 66.4 Å². The second-order valence-corrected chi connectivity index (χ2v) is 9.09. The molecule has 3 nitrogen and oxygen atoms in total. The highest BCUT2D eigenvalue weighted by Crippen LogP contribution is 2.38. The van der Waals surface area contributed by atoms with Gasteiger partial charge in [0, 0.05) is 35.2 Å². The number of rotatable bonds is 11. The molecule has 0 saturated heterocycles. The molecule has 27 heavy (non-hydrogen) atoms. The Hall–Kier alpha value is -1.12. The molecular weight excluding hydrogens is 332 g/mol. The standard InChI is InChI=1S/C24H44N2O/c1-9-14-24(15-10-2,16-11-3)26-21(27)13-12-20-19(8)22(17(4)5)25-23(20)18(6)7/h17,19-20H,9-16H2,1-8H3,(H,26,27)/t19-,20-/m0/s1. The van der Waals surface area contributed by atoms with Crippen LogP contribution in [0.1, 0.15) is 107 Å². The van der Waals surface area contributed by atoms with Crippen LogP contribution in [0.5, 0.6) is 0 Å². The summed E-state index contributed by atoms with van der Waals surface area (Å²) in [6, 6.07) is 0. The number of hydrogen-bond donors (Lipinski definition) is 1. The number of nitrogens with zero attached hydrogens (tertiary/aromatic N) is 1. The number of carbonyl (C=O) groups excluding carboxylic acids is 1. The Balaban J connectivity index is 2.81. The number of carbonyl (C=O) groups is 1. The molecule has 0 unspecified atom stereocenters. The summed E-state index contributed by atoms with van der Waals surface area (Å²) in [5.41, 5.74) is 3.81. The highest BCUT2D eigenvalue weighted by atomic mass is 16.1. The molecule has 1 amide bonds. The van der Waals surface area contributed by atoms with Crippen LogP contribution < -0.4 is 5.32 Å². The first kappa shape index (κ1) is 23.9. The van der Waals surface area contributed by atoms with Gasteiger partial charge in [-0.3, -0.25) is 9.79 Å². The summed E-state index contributed by atoms with van der Waals surface area (Å²) in [7, 11) is 0. The van der Waals surface area contributed by atoms with E-state index >= 15 is 0 Å². The molecule has 1 N–H and O–H groups in total. The quantitative estimate of drug-likeness (QED) is 0.429. The molecule has 0 aromatic carbocycles. The number of amides is 1. The molecule has 0 fully saturated rings. The number of nitrogens with one attached hydrogen (secondary N) is 1. The van der Waals surface area contributed by atoms with Crippen molar-refractivity contribution in [3.8, 4) is 0 Å². The largest absolute Gasteiger partial charge is 0.351 e. The van der Waals surface area contributed by atoms with Crippen molar-refractivity contribution in [3.63, 3.8) is 0 Å². The van der Waals surface area contributed by atoms with Crippen LogP contribution in [0.2, 0.25) is 0 Å². The van der Waals surface area contributed by atoms with Crippen LogP contribution in [0, 0.1) is 17.8 Å². The van der Waals surface area contributed by atoms with E-state index in [0.717, 1.165) is 44.9 Å². The molecule has 3 heteroatoms. The molecule has 1 heterocycles. The normalized spacial score (nSPS) is 20.2. The van der Waals surface area contributed by atoms with Crippen molar-refractivity contribution >= 4 is 11.6 Å². The summed E-state index contributed by atoms with van der Waals surface area (Å²) in [6.07, 6.45) is 8.10. The third kappa shape index (κ3) is 6.47. The summed E-state index contributed by atoms with van der Waals surface area (Å²) in [6.45, 7) is 17.7. The number of allylic oxidation sites excluding steroid dienone is 2. The zero-order valence-electron chi connectivity index (χ0n) is 19.2. The van der Waals surface area contributed by atoms with Crippen LogP contribution in [-0.4, -0.2) is 17.2 Å². The first-order valence-corrected chi connectivity index (χ1v) is 11.3. The number of hydrogen-bond acceptors (Lipinski definition) is 2. The van der Waals surface area contributed by atoms with Crippen molar-refractivity contribution in [1.29, 1.82) is 0 Å². The fraction of sp³-hybridized carbons (Fsp3) is 0.833. The van der Waals surface area contributed by atoms with Crippen molar-refractivity contribution in [2.75, 3.05) is 0 Å². The molecule has 0 aromatic rings. The lowest BCUT2D eigenvalue weighted by atomic mass is 9.82. The summed E-state index contributed by atoms with van der Waals surface area (Å²) in [4.78, 5) is 17.8. The molecule has 156 valence electrons. The predicted octanol–water partition coefficient (Wildman–Crippen LogP) is 6.68. The summed E-state index contributed by atoms with van der Waals surface area (Å²) in [5, 5.41) is 3.46. The lowest BCUT2D eigenvalue weighted by Crippen LogP contribution is -2.48. The van der Waals surface area contributed by atoms with E-state index in [-0.39, 0.29) is 11.4 Å². The van der Waals surface area contributed by atoms with Crippen molar-refractivity contribution in [3.05, 3.63) is 11.3 Å². The highest BCUT2D eigenvalue weighted by molar-refractivity contribution is 5.92. The monoisotopic (exact) mass is 376 g/mol. The molecule has 0 aromatic heterocycles. The van der Waals surface area contributed by atoms with Gasteiger partial charge >= 0.3 is 0 Å². The Morgan fingerprint density at radius 2 is 1.59 bits per heavy atom. The van der Waals surface area contributed by atoms with E-state index in [2.05, 4.69) is 60.7 Å². The van der Waals surface area contributed by atoms with Crippen LogP contribution in [0.25, 0.3) is 0 Å². The van der Waals surface area contributed by atoms with E-state index in [1.807, 2.05) is 0 Å². The van der Waals surface area contributed by atoms with Gasteiger partial charge in [0.05, 0.1) is 0 Å². The Morgan fingerprint density at radius 3 is 2.00 bits per heavy atom. The zero-order chi connectivity index (χ0) is 20.6. The smallest absolute Gasteiger partial charge is 0.220 e. The zero-order valence-corrected chi connectivity index (χ0v) is 19.2. The third-order valence-electron chi connectivity index (χ3n) is 6.05. The first-order valence-electron chi connectivity index (χ1n) is 11.3. The number of aliphatic imine (C=N–C) groups is 1. The van der Waals surface area contributed by atoms with Crippen LogP contribution in [0.15, 0.2) is 16.3 Å². The molecule has 0 saturated carbocycles. The summed E-state index contributed by atoms with van der Waals surface area (Å²) >= 11 is 0. The Morgan fingerprint density at radius 1 is 1.07 bits per heavy atom. The molecule has 2 atom stereocenters. The Kier molecular flexibility index (Phi) is 9.76. The minimum Gasteiger partial charge on any atom is -0.351 e. The molecular formula is C24H44N2O. The minimum absolute atomic E-state index is 0.00440. The van der Waals surface area contributed by atoms with E-state index < -0.39 is 0 Å². The maximum Gasteiger partial charge on any atom is 0.220 e. The van der Waals surface area contributed by atoms with Crippen molar-refractivity contribution in [1.82, 2.24) is 5.32 Å². The van der Waals surface area contributed by atoms with Gasteiger partial charge in [-0.05, 0) is 45.4 Å². The molecule has 1 rings (SSSR count). The second-order valence-electron chi connectivity index (χ2n) is 9.09. The maximum absolute atomic E-state index is 12.9. The van der Waals surface area contributed by atoms with Gasteiger partial charge in [0.25, 0.3) is 0 Å². The fourth-order valence-electron chi connectivity index (χ4n) is 4.93. The van der Waals surface area contributed by atoms with E-state index in [4.69, 9.17) is 4.99 Å². The fourth-order valence-corrected chi connectivity index (χ4v) is 4.93. The minimum atomic E-state index is -0.00440. The topological polar surface area (TPSA) is 41.5 Å². The highest BCUT2D eigenvalue weighted by Gasteiger charge is 2.35. The van der Waals surface area contributed by atoms with Gasteiger partial charge in [-0.2, -0.15) is 0 Å². The summed E-state index contributed by atoms with van der Waals surface area (Å²) in [5.74, 6) is 1.52. The second kappa shape index (κ2) is 11.0. The Bertz CT molecular complexity index is 524. The molecule has 0 aliphatic carbocycles. The van der Waals surface area contributed by atoms with Crippen LogP contribution in [-0.2, 0) is 4.79 Å². The van der Waals surface area contributed by atoms with Crippen LogP contribution in [0.3, 0.4) is 0 Å². The van der Waals surface area contributed by atoms with Crippen LogP contribution >= 0.6 is 0 Å². The maximum atomic E-state index is 12.9. The third-order valence-corrected chi connectivity index (χ3v) is 6.05. The average molecular weight is 377 g/mol. The van der Waals surface area contributed by atoms with E-state index in [9.17, 15) is 4.79 Å². The Labute approximate surface area is 168 Å². The van der Waals surface area contributed by atoms with Gasteiger partial charge in [0.2, 0.25) is 5.91 Å². The van der Waals surface area contributed by atoms with E-state index in [0.29, 0.717) is 24.2 Å². The van der Waals surface area contributed by atoms with Gasteiger partial charge in [0.1, 0.15) is 0 Å². The summed E-state index contributed by atoms with van der Waals surface area (Å²) < 4.78 is 0. The van der Waals surface area contributed by atoms with Gasteiger partial charge in [0.15, 0.2) is 0 Å². The lowest BCUT2D eigenvalue weighted by molar-refractivity contribution is -0.123. The average Bonchev–Trinajstić information content (AvgIpc) is 2.90. The predicted molar refractivity (Wildman–Crippen MR) is 118 cm³/mol. The first-order chi connectivity index (χ1) is 12.7. The lowest BCUT2D eigenvalue weighted by Gasteiger charge is -2.35. The van der Waals surface area contributed by atoms with E-state index in [1.54, 1.807) is 0 Å².